The number of rotatable bonds is 1. The van der Waals surface area contributed by atoms with Gasteiger partial charge in [-0.15, -0.1) is 6.58 Å². The van der Waals surface area contributed by atoms with Crippen molar-refractivity contribution in [2.75, 3.05) is 5.73 Å². The standard InChI is InChI=1S/C12H10FN5O.C3H6/c1-18-12-9(11(14)15-5-16-12)10(17-18)6-2-7(13)4-8(19)3-6;1-3-2/h2-5,19H,1H3,(H2,14,15,16);3H,1H2,2H3. The van der Waals surface area contributed by atoms with Gasteiger partial charge >= 0.3 is 0 Å². The molecule has 0 aliphatic rings. The number of nitrogen functional groups attached to an aromatic ring is 1. The van der Waals surface area contributed by atoms with Gasteiger partial charge in [-0.05, 0) is 19.1 Å². The molecule has 0 bridgehead atoms. The van der Waals surface area contributed by atoms with Gasteiger partial charge in [0.1, 0.15) is 29.4 Å². The van der Waals surface area contributed by atoms with E-state index in [0.717, 1.165) is 6.07 Å². The molecular weight excluding hydrogens is 285 g/mol. The summed E-state index contributed by atoms with van der Waals surface area (Å²) in [6.45, 7) is 5.25. The number of hydrogen-bond donors (Lipinski definition) is 2. The lowest BCUT2D eigenvalue weighted by Gasteiger charge is -2.01. The largest absolute Gasteiger partial charge is 0.508 e. The van der Waals surface area contributed by atoms with Crippen LogP contribution in [0.5, 0.6) is 5.75 Å². The van der Waals surface area contributed by atoms with E-state index in [1.165, 1.54) is 23.1 Å². The molecule has 3 rings (SSSR count). The summed E-state index contributed by atoms with van der Waals surface area (Å²) in [6, 6.07) is 3.71. The number of phenols is 1. The second kappa shape index (κ2) is 6.21. The Kier molecular flexibility index (Phi) is 4.36. The highest BCUT2D eigenvalue weighted by atomic mass is 19.1. The number of halogens is 1. The van der Waals surface area contributed by atoms with Crippen molar-refractivity contribution in [3.05, 3.63) is 43.0 Å². The van der Waals surface area contributed by atoms with Gasteiger partial charge < -0.3 is 10.8 Å². The van der Waals surface area contributed by atoms with Gasteiger partial charge in [-0.3, -0.25) is 0 Å². The second-order valence-electron chi connectivity index (χ2n) is 4.54. The molecule has 1 aromatic carbocycles. The highest BCUT2D eigenvalue weighted by Crippen LogP contribution is 2.31. The van der Waals surface area contributed by atoms with Gasteiger partial charge in [0.2, 0.25) is 0 Å². The summed E-state index contributed by atoms with van der Waals surface area (Å²) >= 11 is 0. The number of aromatic nitrogens is 4. The van der Waals surface area contributed by atoms with E-state index in [0.29, 0.717) is 22.3 Å². The lowest BCUT2D eigenvalue weighted by Crippen LogP contribution is -1.95. The quantitative estimate of drug-likeness (QED) is 0.674. The van der Waals surface area contributed by atoms with Crippen LogP contribution in [0.4, 0.5) is 10.2 Å². The molecule has 0 saturated heterocycles. The Bertz CT molecular complexity index is 808. The first kappa shape index (κ1) is 15.4. The maximum absolute atomic E-state index is 13.4. The summed E-state index contributed by atoms with van der Waals surface area (Å²) < 4.78 is 14.9. The summed E-state index contributed by atoms with van der Waals surface area (Å²) in [5.74, 6) is -0.467. The summed E-state index contributed by atoms with van der Waals surface area (Å²) in [7, 11) is 1.71. The fourth-order valence-corrected chi connectivity index (χ4v) is 2.02. The summed E-state index contributed by atoms with van der Waals surface area (Å²) in [5, 5.41) is 14.3. The van der Waals surface area contributed by atoms with Crippen molar-refractivity contribution in [3.63, 3.8) is 0 Å². The summed E-state index contributed by atoms with van der Waals surface area (Å²) in [5.41, 5.74) is 7.23. The molecular formula is C15H16FN5O. The average Bonchev–Trinajstić information content (AvgIpc) is 2.78. The zero-order valence-corrected chi connectivity index (χ0v) is 12.3. The maximum Gasteiger partial charge on any atom is 0.163 e. The Hall–Kier alpha value is -2.96. The molecule has 0 radical (unpaired) electrons. The smallest absolute Gasteiger partial charge is 0.163 e. The van der Waals surface area contributed by atoms with Crippen LogP contribution >= 0.6 is 0 Å². The Morgan fingerprint density at radius 1 is 1.32 bits per heavy atom. The predicted octanol–water partition coefficient (Wildman–Crippen LogP) is 2.65. The van der Waals surface area contributed by atoms with Crippen LogP contribution in [0.25, 0.3) is 22.3 Å². The predicted molar refractivity (Wildman–Crippen MR) is 83.6 cm³/mol. The number of aromatic hydroxyl groups is 1. The molecule has 0 saturated carbocycles. The molecule has 0 fully saturated rings. The van der Waals surface area contributed by atoms with E-state index in [-0.39, 0.29) is 11.6 Å². The van der Waals surface area contributed by atoms with Crippen LogP contribution in [0, 0.1) is 5.82 Å². The Morgan fingerprint density at radius 2 is 2.00 bits per heavy atom. The van der Waals surface area contributed by atoms with Crippen LogP contribution in [-0.2, 0) is 7.05 Å². The lowest BCUT2D eigenvalue weighted by molar-refractivity contribution is 0.469. The molecule has 22 heavy (non-hydrogen) atoms. The molecule has 114 valence electrons. The molecule has 2 heterocycles. The van der Waals surface area contributed by atoms with Crippen molar-refractivity contribution < 1.29 is 9.50 Å². The van der Waals surface area contributed by atoms with Gasteiger partial charge in [0, 0.05) is 18.7 Å². The first-order valence-corrected chi connectivity index (χ1v) is 6.48. The Balaban J connectivity index is 0.000000545. The highest BCUT2D eigenvalue weighted by molar-refractivity contribution is 5.98. The zero-order valence-electron chi connectivity index (χ0n) is 12.3. The topological polar surface area (TPSA) is 89.8 Å². The maximum atomic E-state index is 13.4. The lowest BCUT2D eigenvalue weighted by atomic mass is 10.1. The zero-order chi connectivity index (χ0) is 16.3. The van der Waals surface area contributed by atoms with E-state index in [9.17, 15) is 9.50 Å². The number of phenolic OH excluding ortho intramolecular Hbond substituents is 1. The normalized spacial score (nSPS) is 10.1. The molecule has 0 aliphatic heterocycles. The van der Waals surface area contributed by atoms with Crippen LogP contribution in [0.1, 0.15) is 6.92 Å². The number of hydrogen-bond acceptors (Lipinski definition) is 5. The second-order valence-corrected chi connectivity index (χ2v) is 4.54. The van der Waals surface area contributed by atoms with Crippen LogP contribution < -0.4 is 5.73 Å². The fraction of sp³-hybridized carbons (Fsp3) is 0.133. The molecule has 3 aromatic rings. The van der Waals surface area contributed by atoms with Gasteiger partial charge in [0.05, 0.1) is 5.39 Å². The number of benzene rings is 1. The van der Waals surface area contributed by atoms with E-state index < -0.39 is 5.82 Å². The van der Waals surface area contributed by atoms with Gasteiger partial charge in [0.15, 0.2) is 5.65 Å². The minimum Gasteiger partial charge on any atom is -0.508 e. The van der Waals surface area contributed by atoms with Gasteiger partial charge in [-0.25, -0.2) is 19.0 Å². The summed E-state index contributed by atoms with van der Waals surface area (Å²) in [6.07, 6.45) is 3.09. The van der Waals surface area contributed by atoms with E-state index in [2.05, 4.69) is 21.6 Å². The molecule has 6 nitrogen and oxygen atoms in total. The molecule has 0 atom stereocenters. The van der Waals surface area contributed by atoms with Crippen LogP contribution in [0.15, 0.2) is 37.2 Å². The minimum absolute atomic E-state index is 0.177. The number of fused-ring (bicyclic) bond motifs is 1. The first-order valence-electron chi connectivity index (χ1n) is 6.48. The third-order valence-electron chi connectivity index (χ3n) is 2.81. The number of aryl methyl sites for hydroxylation is 1. The average molecular weight is 301 g/mol. The Labute approximate surface area is 126 Å². The van der Waals surface area contributed by atoms with Crippen molar-refractivity contribution in [2.24, 2.45) is 7.05 Å². The highest BCUT2D eigenvalue weighted by Gasteiger charge is 2.16. The van der Waals surface area contributed by atoms with E-state index >= 15 is 0 Å². The van der Waals surface area contributed by atoms with Crippen LogP contribution in [0.2, 0.25) is 0 Å². The number of allylic oxidation sites excluding steroid dienone is 1. The molecule has 0 spiro atoms. The van der Waals surface area contributed by atoms with E-state index in [4.69, 9.17) is 5.73 Å². The van der Waals surface area contributed by atoms with E-state index in [1.807, 2.05) is 6.92 Å². The van der Waals surface area contributed by atoms with Crippen molar-refractivity contribution >= 4 is 16.9 Å². The molecule has 0 aliphatic carbocycles. The van der Waals surface area contributed by atoms with Gasteiger partial charge in [0.25, 0.3) is 0 Å². The molecule has 2 aromatic heterocycles. The van der Waals surface area contributed by atoms with Crippen molar-refractivity contribution in [1.29, 1.82) is 0 Å². The molecule has 3 N–H and O–H groups in total. The number of nitrogens with zero attached hydrogens (tertiary/aromatic N) is 4. The van der Waals surface area contributed by atoms with Crippen molar-refractivity contribution in [2.45, 2.75) is 6.92 Å². The summed E-state index contributed by atoms with van der Waals surface area (Å²) in [4.78, 5) is 7.99. The van der Waals surface area contributed by atoms with Gasteiger partial charge in [-0.2, -0.15) is 5.10 Å². The van der Waals surface area contributed by atoms with Crippen molar-refractivity contribution in [1.82, 2.24) is 19.7 Å². The third-order valence-corrected chi connectivity index (χ3v) is 2.81. The van der Waals surface area contributed by atoms with Crippen LogP contribution in [-0.4, -0.2) is 24.9 Å². The monoisotopic (exact) mass is 301 g/mol. The molecule has 7 heteroatoms. The minimum atomic E-state index is -0.552. The van der Waals surface area contributed by atoms with Gasteiger partial charge in [-0.1, -0.05) is 6.08 Å². The molecule has 0 amide bonds. The first-order chi connectivity index (χ1) is 10.5. The number of nitrogens with two attached hydrogens (primary N) is 1. The van der Waals surface area contributed by atoms with E-state index in [1.54, 1.807) is 13.1 Å². The Morgan fingerprint density at radius 3 is 2.64 bits per heavy atom. The molecule has 0 unspecified atom stereocenters. The third kappa shape index (κ3) is 2.88. The fourth-order valence-electron chi connectivity index (χ4n) is 2.02. The SMILES string of the molecule is C=CC.Cn1nc(-c2cc(O)cc(F)c2)c2c(N)ncnc21. The van der Waals surface area contributed by atoms with Crippen molar-refractivity contribution in [3.8, 4) is 17.0 Å². The number of anilines is 1. The van der Waals surface area contributed by atoms with Crippen LogP contribution in [0.3, 0.4) is 0 Å².